The second-order valence-electron chi connectivity index (χ2n) is 6.18. The highest BCUT2D eigenvalue weighted by Gasteiger charge is 2.62. The molecule has 5 atom stereocenters. The zero-order valence-electron chi connectivity index (χ0n) is 10.5. The van der Waals surface area contributed by atoms with Gasteiger partial charge in [-0.1, -0.05) is 31.2 Å². The Balaban J connectivity index is 1.87. The molecular weight excluding hydrogens is 196 g/mol. The summed E-state index contributed by atoms with van der Waals surface area (Å²) in [6.07, 6.45) is 6.05. The zero-order chi connectivity index (χ0) is 11.5. The van der Waals surface area contributed by atoms with E-state index >= 15 is 0 Å². The first-order valence-electron chi connectivity index (χ1n) is 6.54. The van der Waals surface area contributed by atoms with Crippen LogP contribution in [-0.4, -0.2) is 12.2 Å². The van der Waals surface area contributed by atoms with Crippen molar-refractivity contribution < 1.29 is 4.74 Å². The van der Waals surface area contributed by atoms with Crippen molar-refractivity contribution in [2.24, 2.45) is 17.3 Å². The third kappa shape index (κ3) is 1.27. The molecule has 16 heavy (non-hydrogen) atoms. The molecule has 0 aromatic rings. The fourth-order valence-corrected chi connectivity index (χ4v) is 4.06. The molecule has 3 rings (SSSR count). The van der Waals surface area contributed by atoms with Gasteiger partial charge in [0.15, 0.2) is 0 Å². The Labute approximate surface area is 98.6 Å². The van der Waals surface area contributed by atoms with E-state index in [0.717, 1.165) is 0 Å². The third-order valence-corrected chi connectivity index (χ3v) is 5.36. The summed E-state index contributed by atoms with van der Waals surface area (Å²) in [6.45, 7) is 13.1. The van der Waals surface area contributed by atoms with Crippen molar-refractivity contribution in [3.8, 4) is 0 Å². The molecule has 1 aliphatic heterocycles. The number of epoxide rings is 1. The highest BCUT2D eigenvalue weighted by atomic mass is 16.6. The van der Waals surface area contributed by atoms with Crippen LogP contribution >= 0.6 is 0 Å². The van der Waals surface area contributed by atoms with Crippen molar-refractivity contribution in [1.29, 1.82) is 0 Å². The van der Waals surface area contributed by atoms with Gasteiger partial charge in [0.2, 0.25) is 0 Å². The molecule has 1 nitrogen and oxygen atoms in total. The van der Waals surface area contributed by atoms with Gasteiger partial charge in [-0.05, 0) is 49.9 Å². The van der Waals surface area contributed by atoms with Crippen molar-refractivity contribution in [1.82, 2.24) is 0 Å². The van der Waals surface area contributed by atoms with Crippen molar-refractivity contribution >= 4 is 0 Å². The van der Waals surface area contributed by atoms with Gasteiger partial charge in [-0.15, -0.1) is 0 Å². The minimum atomic E-state index is 0.384. The van der Waals surface area contributed by atoms with Gasteiger partial charge in [0, 0.05) is 0 Å². The lowest BCUT2D eigenvalue weighted by molar-refractivity contribution is 0.0982. The molecule has 0 aromatic heterocycles. The van der Waals surface area contributed by atoms with Crippen LogP contribution in [0.15, 0.2) is 24.3 Å². The molecule has 1 spiro atoms. The Kier molecular flexibility index (Phi) is 2.13. The zero-order valence-corrected chi connectivity index (χ0v) is 10.5. The van der Waals surface area contributed by atoms with Crippen molar-refractivity contribution in [2.45, 2.75) is 51.7 Å². The summed E-state index contributed by atoms with van der Waals surface area (Å²) in [5.74, 6) is 1.39. The summed E-state index contributed by atoms with van der Waals surface area (Å²) in [4.78, 5) is 0. The molecule has 88 valence electrons. The number of hydrogen-bond acceptors (Lipinski definition) is 1. The SMILES string of the molecule is C=C(C)[C@@H]1CCC(=C)[C@@]2(C1)C[C@@H]1O[C@@H]1[C@H]2C. The van der Waals surface area contributed by atoms with E-state index in [-0.39, 0.29) is 0 Å². The van der Waals surface area contributed by atoms with Crippen LogP contribution in [0.2, 0.25) is 0 Å². The second-order valence-corrected chi connectivity index (χ2v) is 6.18. The molecule has 0 N–H and O–H groups in total. The smallest absolute Gasteiger partial charge is 0.0876 e. The summed E-state index contributed by atoms with van der Waals surface area (Å²) < 4.78 is 5.67. The van der Waals surface area contributed by atoms with Gasteiger partial charge in [0.1, 0.15) is 0 Å². The largest absolute Gasteiger partial charge is 0.369 e. The number of rotatable bonds is 1. The van der Waals surface area contributed by atoms with Gasteiger partial charge >= 0.3 is 0 Å². The van der Waals surface area contributed by atoms with Crippen LogP contribution in [0.5, 0.6) is 0 Å². The fourth-order valence-electron chi connectivity index (χ4n) is 4.06. The van der Waals surface area contributed by atoms with Crippen LogP contribution in [0.25, 0.3) is 0 Å². The van der Waals surface area contributed by atoms with E-state index < -0.39 is 0 Å². The minimum absolute atomic E-state index is 0.384. The number of fused-ring (bicyclic) bond motifs is 1. The number of ether oxygens (including phenoxy) is 1. The van der Waals surface area contributed by atoms with E-state index in [0.29, 0.717) is 29.5 Å². The standard InChI is InChI=1S/C15H22O/c1-9(2)12-6-5-10(3)15(7-12)8-13-14(16-13)11(15)4/h11-14H,1,3,5-8H2,2,4H3/t11-,12-,13+,14-,15-/m1/s1. The lowest BCUT2D eigenvalue weighted by Crippen LogP contribution is -2.36. The predicted molar refractivity (Wildman–Crippen MR) is 66.2 cm³/mol. The highest BCUT2D eigenvalue weighted by molar-refractivity contribution is 5.26. The summed E-state index contributed by atoms with van der Waals surface area (Å²) >= 11 is 0. The quantitative estimate of drug-likeness (QED) is 0.483. The Morgan fingerprint density at radius 2 is 2.19 bits per heavy atom. The summed E-state index contributed by atoms with van der Waals surface area (Å²) in [5, 5.41) is 0. The van der Waals surface area contributed by atoms with Gasteiger partial charge in [0.05, 0.1) is 12.2 Å². The molecule has 1 saturated heterocycles. The maximum absolute atomic E-state index is 5.67. The topological polar surface area (TPSA) is 12.5 Å². The first kappa shape index (κ1) is 10.6. The summed E-state index contributed by atoms with van der Waals surface area (Å²) in [6, 6.07) is 0. The molecule has 2 aliphatic carbocycles. The van der Waals surface area contributed by atoms with Crippen LogP contribution in [0.4, 0.5) is 0 Å². The molecular formula is C15H22O. The van der Waals surface area contributed by atoms with Crippen molar-refractivity contribution in [2.75, 3.05) is 0 Å². The molecule has 1 heterocycles. The van der Waals surface area contributed by atoms with Gasteiger partial charge in [-0.2, -0.15) is 0 Å². The average Bonchev–Trinajstić information content (AvgIpc) is 2.93. The normalized spacial score (nSPS) is 50.5. The molecule has 1 heteroatoms. The van der Waals surface area contributed by atoms with Crippen molar-refractivity contribution in [3.05, 3.63) is 24.3 Å². The third-order valence-electron chi connectivity index (χ3n) is 5.36. The highest BCUT2D eigenvalue weighted by Crippen LogP contribution is 2.63. The van der Waals surface area contributed by atoms with Gasteiger partial charge < -0.3 is 4.74 Å². The monoisotopic (exact) mass is 218 g/mol. The van der Waals surface area contributed by atoms with E-state index in [2.05, 4.69) is 27.0 Å². The maximum atomic E-state index is 5.67. The number of allylic oxidation sites excluding steroid dienone is 2. The van der Waals surface area contributed by atoms with E-state index in [1.54, 1.807) is 0 Å². The lowest BCUT2D eigenvalue weighted by Gasteiger charge is -2.44. The van der Waals surface area contributed by atoms with Gasteiger partial charge in [-0.25, -0.2) is 0 Å². The molecule has 2 saturated carbocycles. The fraction of sp³-hybridized carbons (Fsp3) is 0.733. The van der Waals surface area contributed by atoms with E-state index in [4.69, 9.17) is 4.74 Å². The Hall–Kier alpha value is -0.560. The number of hydrogen-bond donors (Lipinski definition) is 0. The van der Waals surface area contributed by atoms with Gasteiger partial charge in [0.25, 0.3) is 0 Å². The Morgan fingerprint density at radius 3 is 2.75 bits per heavy atom. The van der Waals surface area contributed by atoms with E-state index in [1.807, 2.05) is 0 Å². The molecule has 0 bridgehead atoms. The van der Waals surface area contributed by atoms with Crippen LogP contribution < -0.4 is 0 Å². The Bertz CT molecular complexity index is 356. The van der Waals surface area contributed by atoms with Gasteiger partial charge in [-0.3, -0.25) is 0 Å². The summed E-state index contributed by atoms with van der Waals surface area (Å²) in [7, 11) is 0. The molecule has 0 amide bonds. The lowest BCUT2D eigenvalue weighted by atomic mass is 9.61. The van der Waals surface area contributed by atoms with Crippen molar-refractivity contribution in [3.63, 3.8) is 0 Å². The van der Waals surface area contributed by atoms with E-state index in [9.17, 15) is 0 Å². The molecule has 3 aliphatic rings. The average molecular weight is 218 g/mol. The van der Waals surface area contributed by atoms with E-state index in [1.165, 1.54) is 36.8 Å². The van der Waals surface area contributed by atoms with Crippen LogP contribution in [0, 0.1) is 17.3 Å². The first-order chi connectivity index (χ1) is 7.54. The first-order valence-corrected chi connectivity index (χ1v) is 6.54. The predicted octanol–water partition coefficient (Wildman–Crippen LogP) is 3.71. The summed E-state index contributed by atoms with van der Waals surface area (Å²) in [5.41, 5.74) is 3.24. The van der Waals surface area contributed by atoms with Crippen LogP contribution in [0.1, 0.15) is 39.5 Å². The molecule has 0 unspecified atom stereocenters. The van der Waals surface area contributed by atoms with Crippen LogP contribution in [0.3, 0.4) is 0 Å². The molecule has 0 radical (unpaired) electrons. The minimum Gasteiger partial charge on any atom is -0.369 e. The molecule has 0 aromatic carbocycles. The Morgan fingerprint density at radius 1 is 1.44 bits per heavy atom. The van der Waals surface area contributed by atoms with Crippen LogP contribution in [-0.2, 0) is 4.74 Å². The maximum Gasteiger partial charge on any atom is 0.0876 e. The second kappa shape index (κ2) is 3.22. The molecule has 3 fully saturated rings.